The summed E-state index contributed by atoms with van der Waals surface area (Å²) in [7, 11) is 0. The smallest absolute Gasteiger partial charge is 0.244 e. The minimum atomic E-state index is -1.14. The fourth-order valence-electron chi connectivity index (χ4n) is 3.08. The molecule has 35 heavy (non-hydrogen) atoms. The number of benzene rings is 1. The van der Waals surface area contributed by atoms with Gasteiger partial charge in [-0.05, 0) is 57.7 Å². The third-order valence-electron chi connectivity index (χ3n) is 5.20. The maximum Gasteiger partial charge on any atom is 0.244 e. The van der Waals surface area contributed by atoms with Crippen LogP contribution in [0.5, 0.6) is 0 Å². The average molecular weight is 489 g/mol. The number of primary amides is 2. The van der Waals surface area contributed by atoms with Crippen molar-refractivity contribution in [3.8, 4) is 0 Å². The standard InChI is InChI=1S/C24H36N6O5/c1-15-6-8-17(9-7-15)10-12-20(31)28-16(2)24(35)30-19(23(27)34)11-13-21(32)29-18(22(26)33)5-3-4-14-25/h6-10,12,16,18-19H,3-5,11,13-14,25H2,1-2H3,(H2,26,33)(H2,27,34)(H,28,31)(H,29,32)(H,30,35). The van der Waals surface area contributed by atoms with E-state index in [2.05, 4.69) is 16.0 Å². The van der Waals surface area contributed by atoms with E-state index in [1.165, 1.54) is 13.0 Å². The van der Waals surface area contributed by atoms with Gasteiger partial charge in [0.15, 0.2) is 0 Å². The van der Waals surface area contributed by atoms with Crippen molar-refractivity contribution in [1.82, 2.24) is 16.0 Å². The van der Waals surface area contributed by atoms with Gasteiger partial charge in [0.25, 0.3) is 0 Å². The number of hydrogen-bond acceptors (Lipinski definition) is 6. The summed E-state index contributed by atoms with van der Waals surface area (Å²) in [5.41, 5.74) is 18.0. The normalized spacial score (nSPS) is 13.5. The number of carbonyl (C=O) groups is 5. The van der Waals surface area contributed by atoms with Crippen LogP contribution in [0.25, 0.3) is 6.08 Å². The maximum atomic E-state index is 12.4. The van der Waals surface area contributed by atoms with Crippen LogP contribution in [0.1, 0.15) is 50.2 Å². The quantitative estimate of drug-likeness (QED) is 0.140. The van der Waals surface area contributed by atoms with E-state index in [1.54, 1.807) is 6.08 Å². The molecule has 1 aromatic carbocycles. The van der Waals surface area contributed by atoms with Gasteiger partial charge in [0.05, 0.1) is 0 Å². The summed E-state index contributed by atoms with van der Waals surface area (Å²) in [5, 5.41) is 7.46. The summed E-state index contributed by atoms with van der Waals surface area (Å²) < 4.78 is 0. The molecule has 0 spiro atoms. The lowest BCUT2D eigenvalue weighted by molar-refractivity contribution is -0.131. The van der Waals surface area contributed by atoms with E-state index in [-0.39, 0.29) is 12.8 Å². The van der Waals surface area contributed by atoms with Crippen LogP contribution in [0.3, 0.4) is 0 Å². The van der Waals surface area contributed by atoms with E-state index in [0.29, 0.717) is 25.8 Å². The molecule has 0 aliphatic heterocycles. The zero-order valence-electron chi connectivity index (χ0n) is 20.2. The third-order valence-corrected chi connectivity index (χ3v) is 5.20. The Hall–Kier alpha value is -3.73. The summed E-state index contributed by atoms with van der Waals surface area (Å²) in [4.78, 5) is 60.1. The van der Waals surface area contributed by atoms with Crippen molar-refractivity contribution in [1.29, 1.82) is 0 Å². The maximum absolute atomic E-state index is 12.4. The van der Waals surface area contributed by atoms with Gasteiger partial charge in [0, 0.05) is 12.5 Å². The van der Waals surface area contributed by atoms with Gasteiger partial charge < -0.3 is 33.2 Å². The topological polar surface area (TPSA) is 200 Å². The molecular weight excluding hydrogens is 452 g/mol. The van der Waals surface area contributed by atoms with Crippen LogP contribution in [0.15, 0.2) is 30.3 Å². The Morgan fingerprint density at radius 1 is 0.886 bits per heavy atom. The van der Waals surface area contributed by atoms with Crippen molar-refractivity contribution in [3.05, 3.63) is 41.5 Å². The van der Waals surface area contributed by atoms with E-state index in [0.717, 1.165) is 11.1 Å². The van der Waals surface area contributed by atoms with Crippen LogP contribution in [0.2, 0.25) is 0 Å². The predicted molar refractivity (Wildman–Crippen MR) is 132 cm³/mol. The molecule has 1 aromatic rings. The van der Waals surface area contributed by atoms with Crippen LogP contribution < -0.4 is 33.2 Å². The molecular formula is C24H36N6O5. The molecule has 0 aliphatic carbocycles. The molecule has 5 amide bonds. The number of aryl methyl sites for hydroxylation is 1. The molecule has 0 saturated carbocycles. The summed E-state index contributed by atoms with van der Waals surface area (Å²) in [6.07, 6.45) is 4.31. The van der Waals surface area contributed by atoms with Gasteiger partial charge in [-0.2, -0.15) is 0 Å². The number of carbonyl (C=O) groups excluding carboxylic acids is 5. The molecule has 0 heterocycles. The summed E-state index contributed by atoms with van der Waals surface area (Å²) in [5.74, 6) is -3.14. The van der Waals surface area contributed by atoms with Crippen molar-refractivity contribution in [2.24, 2.45) is 17.2 Å². The lowest BCUT2D eigenvalue weighted by Gasteiger charge is -2.20. The highest BCUT2D eigenvalue weighted by Gasteiger charge is 2.24. The van der Waals surface area contributed by atoms with Crippen molar-refractivity contribution in [2.45, 2.75) is 64.1 Å². The van der Waals surface area contributed by atoms with Crippen LogP contribution in [0.4, 0.5) is 0 Å². The molecule has 3 atom stereocenters. The predicted octanol–water partition coefficient (Wildman–Crippen LogP) is -0.638. The lowest BCUT2D eigenvalue weighted by atomic mass is 10.1. The molecule has 0 saturated heterocycles. The zero-order valence-corrected chi connectivity index (χ0v) is 20.2. The largest absolute Gasteiger partial charge is 0.368 e. The van der Waals surface area contributed by atoms with Crippen LogP contribution in [-0.2, 0) is 24.0 Å². The van der Waals surface area contributed by atoms with Crippen molar-refractivity contribution in [3.63, 3.8) is 0 Å². The molecule has 0 bridgehead atoms. The number of unbranched alkanes of at least 4 members (excludes halogenated alkanes) is 1. The number of hydrogen-bond donors (Lipinski definition) is 6. The van der Waals surface area contributed by atoms with Crippen LogP contribution in [-0.4, -0.2) is 54.2 Å². The molecule has 0 radical (unpaired) electrons. The first-order valence-corrected chi connectivity index (χ1v) is 11.5. The molecule has 11 nitrogen and oxygen atoms in total. The molecule has 0 aromatic heterocycles. The Morgan fingerprint density at radius 3 is 2.06 bits per heavy atom. The van der Waals surface area contributed by atoms with Gasteiger partial charge in [-0.25, -0.2) is 0 Å². The molecule has 0 fully saturated rings. The highest BCUT2D eigenvalue weighted by Crippen LogP contribution is 2.05. The highest BCUT2D eigenvalue weighted by atomic mass is 16.2. The first-order valence-electron chi connectivity index (χ1n) is 11.5. The number of nitrogens with one attached hydrogen (secondary N) is 3. The van der Waals surface area contributed by atoms with Crippen molar-refractivity contribution in [2.75, 3.05) is 6.54 Å². The molecule has 192 valence electrons. The second-order valence-electron chi connectivity index (χ2n) is 8.28. The molecule has 3 unspecified atom stereocenters. The second-order valence-corrected chi connectivity index (χ2v) is 8.28. The Balaban J connectivity index is 2.56. The van der Waals surface area contributed by atoms with E-state index >= 15 is 0 Å². The number of nitrogens with two attached hydrogens (primary N) is 3. The summed E-state index contributed by atoms with van der Waals surface area (Å²) in [6, 6.07) is 4.59. The average Bonchev–Trinajstić information content (AvgIpc) is 2.80. The van der Waals surface area contributed by atoms with Crippen molar-refractivity contribution < 1.29 is 24.0 Å². The van der Waals surface area contributed by atoms with E-state index in [4.69, 9.17) is 17.2 Å². The zero-order chi connectivity index (χ0) is 26.4. The van der Waals surface area contributed by atoms with Gasteiger partial charge in [-0.1, -0.05) is 29.8 Å². The Morgan fingerprint density at radius 2 is 1.49 bits per heavy atom. The molecule has 1 rings (SSSR count). The van der Waals surface area contributed by atoms with Gasteiger partial charge in [-0.3, -0.25) is 24.0 Å². The number of rotatable bonds is 15. The van der Waals surface area contributed by atoms with Crippen LogP contribution >= 0.6 is 0 Å². The van der Waals surface area contributed by atoms with Gasteiger partial charge in [-0.15, -0.1) is 0 Å². The first kappa shape index (κ1) is 29.3. The lowest BCUT2D eigenvalue weighted by Crippen LogP contribution is -2.52. The second kappa shape index (κ2) is 15.2. The van der Waals surface area contributed by atoms with E-state index in [1.807, 2.05) is 31.2 Å². The van der Waals surface area contributed by atoms with Crippen molar-refractivity contribution >= 4 is 35.6 Å². The van der Waals surface area contributed by atoms with E-state index < -0.39 is 47.7 Å². The molecule has 11 heteroatoms. The van der Waals surface area contributed by atoms with Crippen LogP contribution in [0, 0.1) is 6.92 Å². The minimum Gasteiger partial charge on any atom is -0.368 e. The number of amides is 5. The monoisotopic (exact) mass is 488 g/mol. The molecule has 9 N–H and O–H groups in total. The fourth-order valence-corrected chi connectivity index (χ4v) is 3.08. The van der Waals surface area contributed by atoms with Gasteiger partial charge >= 0.3 is 0 Å². The SMILES string of the molecule is Cc1ccc(C=CC(=O)NC(C)C(=O)NC(CCC(=O)NC(CCCCN)C(N)=O)C(N)=O)cc1. The Bertz CT molecular complexity index is 915. The summed E-state index contributed by atoms with van der Waals surface area (Å²) >= 11 is 0. The Kier molecular flexibility index (Phi) is 12.7. The molecule has 0 aliphatic rings. The fraction of sp³-hybridized carbons (Fsp3) is 0.458. The van der Waals surface area contributed by atoms with Gasteiger partial charge in [0.1, 0.15) is 18.1 Å². The van der Waals surface area contributed by atoms with Gasteiger partial charge in [0.2, 0.25) is 29.5 Å². The minimum absolute atomic E-state index is 0.0881. The Labute approximate surface area is 205 Å². The summed E-state index contributed by atoms with van der Waals surface area (Å²) in [6.45, 7) is 3.87. The van der Waals surface area contributed by atoms with E-state index in [9.17, 15) is 24.0 Å². The third kappa shape index (κ3) is 11.8. The highest BCUT2D eigenvalue weighted by molar-refractivity contribution is 5.96. The first-order chi connectivity index (χ1) is 16.5.